The number of benzene rings is 1. The number of aromatic nitrogens is 2. The molecule has 2 heterocycles. The maximum atomic E-state index is 13.0. The van der Waals surface area contributed by atoms with Crippen molar-refractivity contribution in [2.45, 2.75) is 61.7 Å². The molecule has 0 atom stereocenters. The topological polar surface area (TPSA) is 110 Å². The van der Waals surface area contributed by atoms with Crippen molar-refractivity contribution < 1.29 is 26.4 Å². The van der Waals surface area contributed by atoms with Gasteiger partial charge in [-0.3, -0.25) is 14.1 Å². The third-order valence-corrected chi connectivity index (χ3v) is 9.43. The number of alkyl halides is 3. The number of fused-ring (bicyclic) bond motifs is 1. The van der Waals surface area contributed by atoms with Crippen LogP contribution in [0.1, 0.15) is 41.8 Å². The van der Waals surface area contributed by atoms with Gasteiger partial charge < -0.3 is 5.32 Å². The molecule has 0 spiro atoms. The molecule has 0 unspecified atom stereocenters. The second kappa shape index (κ2) is 11.9. The van der Waals surface area contributed by atoms with Crippen molar-refractivity contribution in [3.05, 3.63) is 50.9 Å². The van der Waals surface area contributed by atoms with Crippen molar-refractivity contribution in [2.75, 3.05) is 17.0 Å². The molecule has 1 aromatic carbocycles. The largest absolute Gasteiger partial charge is 0.471 e. The highest BCUT2D eigenvalue weighted by Gasteiger charge is 2.38. The summed E-state index contributed by atoms with van der Waals surface area (Å²) in [6.45, 7) is 5.44. The number of aryl methyl sites for hydroxylation is 2. The predicted octanol–water partition coefficient (Wildman–Crippen LogP) is 4.79. The van der Waals surface area contributed by atoms with E-state index in [1.54, 1.807) is 19.1 Å². The zero-order chi connectivity index (χ0) is 27.4. The zero-order valence-corrected chi connectivity index (χ0v) is 22.9. The number of halogens is 3. The Hall–Kier alpha value is -2.58. The van der Waals surface area contributed by atoms with Gasteiger partial charge in [0.15, 0.2) is 5.82 Å². The smallest absolute Gasteiger partial charge is 0.348 e. The van der Waals surface area contributed by atoms with Gasteiger partial charge in [0, 0.05) is 17.1 Å². The fourth-order valence-corrected chi connectivity index (χ4v) is 6.97. The molecule has 1 aromatic rings. The van der Waals surface area contributed by atoms with Gasteiger partial charge in [0.05, 0.1) is 9.10 Å². The van der Waals surface area contributed by atoms with Gasteiger partial charge in [-0.15, -0.1) is 23.1 Å². The SMILES string of the molecule is Cc1ccc(S(=O)(=O)Nc2nc(=O)n3c(C)c(C)sc(SCCCCCCNC(=O)C(F)(F)F)c2-3)cc1. The molecule has 3 rings (SSSR count). The molecule has 0 radical (unpaired) electrons. The Labute approximate surface area is 221 Å². The lowest BCUT2D eigenvalue weighted by Crippen LogP contribution is -2.37. The number of anilines is 1. The van der Waals surface area contributed by atoms with E-state index in [0.717, 1.165) is 27.5 Å². The predicted molar refractivity (Wildman–Crippen MR) is 139 cm³/mol. The molecule has 0 saturated heterocycles. The number of imidazole rings is 1. The van der Waals surface area contributed by atoms with Crippen LogP contribution < -0.4 is 15.7 Å². The number of amides is 1. The average molecular weight is 577 g/mol. The lowest BCUT2D eigenvalue weighted by molar-refractivity contribution is -0.173. The standard InChI is InChI=1S/C23H27F3N4O4S3/c1-14-8-10-17(11-9-14)37(33,34)29-19-18-20(36-16(3)15(2)30(18)22(32)28-19)35-13-7-5-4-6-12-27-21(31)23(24,25)26/h8-11H,4-7,12-13H2,1-3H3,(H,27,31)(H,28,29,32). The summed E-state index contributed by atoms with van der Waals surface area (Å²) in [6, 6.07) is 6.33. The third kappa shape index (κ3) is 7.26. The first-order valence-corrected chi connectivity index (χ1v) is 14.7. The maximum absolute atomic E-state index is 13.0. The second-order valence-corrected chi connectivity index (χ2v) is 12.7. The minimum atomic E-state index is -4.87. The van der Waals surface area contributed by atoms with Crippen molar-refractivity contribution in [1.29, 1.82) is 0 Å². The Morgan fingerprint density at radius 1 is 1.08 bits per heavy atom. The van der Waals surface area contributed by atoms with Gasteiger partial charge in [-0.25, -0.2) is 13.2 Å². The van der Waals surface area contributed by atoms with Gasteiger partial charge in [-0.2, -0.15) is 18.2 Å². The molecule has 1 amide bonds. The number of nitrogens with zero attached hydrogens (tertiary/aromatic N) is 2. The van der Waals surface area contributed by atoms with E-state index >= 15 is 0 Å². The number of hydrogen-bond donors (Lipinski definition) is 2. The van der Waals surface area contributed by atoms with Crippen LogP contribution in [0.2, 0.25) is 0 Å². The normalized spacial score (nSPS) is 12.2. The van der Waals surface area contributed by atoms with Gasteiger partial charge in [0.25, 0.3) is 10.0 Å². The van der Waals surface area contributed by atoms with Crippen LogP contribution in [-0.4, -0.2) is 42.3 Å². The Kier molecular flexibility index (Phi) is 9.29. The van der Waals surface area contributed by atoms with Gasteiger partial charge >= 0.3 is 17.8 Å². The van der Waals surface area contributed by atoms with E-state index in [0.29, 0.717) is 30.0 Å². The van der Waals surface area contributed by atoms with E-state index in [1.165, 1.54) is 39.8 Å². The van der Waals surface area contributed by atoms with Crippen LogP contribution in [0, 0.1) is 20.8 Å². The van der Waals surface area contributed by atoms with Crippen molar-refractivity contribution in [3.8, 4) is 5.69 Å². The monoisotopic (exact) mass is 576 g/mol. The Morgan fingerprint density at radius 3 is 2.38 bits per heavy atom. The van der Waals surface area contributed by atoms with E-state index in [9.17, 15) is 31.2 Å². The quantitative estimate of drug-likeness (QED) is 0.251. The van der Waals surface area contributed by atoms with E-state index in [1.807, 2.05) is 19.2 Å². The lowest BCUT2D eigenvalue weighted by atomic mass is 10.2. The van der Waals surface area contributed by atoms with Crippen LogP contribution in [0.4, 0.5) is 19.0 Å². The number of carbonyl (C=O) groups is 1. The molecular formula is C23H27F3N4O4S3. The van der Waals surface area contributed by atoms with Gasteiger partial charge in [-0.1, -0.05) is 30.5 Å². The molecule has 14 heteroatoms. The van der Waals surface area contributed by atoms with Crippen LogP contribution >= 0.6 is 23.1 Å². The molecule has 0 bridgehead atoms. The highest BCUT2D eigenvalue weighted by Crippen LogP contribution is 2.38. The van der Waals surface area contributed by atoms with Crippen molar-refractivity contribution in [2.24, 2.45) is 0 Å². The first-order valence-electron chi connectivity index (χ1n) is 11.4. The summed E-state index contributed by atoms with van der Waals surface area (Å²) in [7, 11) is -3.97. The number of nitrogens with one attached hydrogen (secondary N) is 2. The summed E-state index contributed by atoms with van der Waals surface area (Å²) in [5.41, 5.74) is 1.40. The van der Waals surface area contributed by atoms with E-state index in [4.69, 9.17) is 0 Å². The first kappa shape index (κ1) is 29.0. The van der Waals surface area contributed by atoms with E-state index < -0.39 is 27.8 Å². The first-order chi connectivity index (χ1) is 17.3. The molecule has 8 nitrogen and oxygen atoms in total. The molecule has 0 aliphatic carbocycles. The third-order valence-electron chi connectivity index (χ3n) is 5.54. The molecule has 202 valence electrons. The summed E-state index contributed by atoms with van der Waals surface area (Å²) >= 11 is 2.90. The molecule has 2 N–H and O–H groups in total. The van der Waals surface area contributed by atoms with Gasteiger partial charge in [0.2, 0.25) is 0 Å². The molecule has 2 aliphatic heterocycles. The summed E-state index contributed by atoms with van der Waals surface area (Å²) in [4.78, 5) is 28.4. The minimum absolute atomic E-state index is 0.0344. The Morgan fingerprint density at radius 2 is 1.73 bits per heavy atom. The molecule has 0 saturated carbocycles. The van der Waals surface area contributed by atoms with Crippen LogP contribution in [-0.2, 0) is 14.8 Å². The summed E-state index contributed by atoms with van der Waals surface area (Å²) in [6.07, 6.45) is -2.33. The minimum Gasteiger partial charge on any atom is -0.348 e. The maximum Gasteiger partial charge on any atom is 0.471 e. The molecule has 37 heavy (non-hydrogen) atoms. The molecule has 0 fully saturated rings. The number of hydrogen-bond acceptors (Lipinski definition) is 7. The second-order valence-electron chi connectivity index (χ2n) is 8.39. The van der Waals surface area contributed by atoms with Crippen molar-refractivity contribution in [3.63, 3.8) is 0 Å². The molecule has 0 aromatic heterocycles. The summed E-state index contributed by atoms with van der Waals surface area (Å²) < 4.78 is 67.1. The fraction of sp³-hybridized carbons (Fsp3) is 0.435. The number of thioether (sulfide) groups is 1. The zero-order valence-electron chi connectivity index (χ0n) is 20.4. The lowest BCUT2D eigenvalue weighted by Gasteiger charge is -2.16. The number of sulfonamides is 1. The Balaban J connectivity index is 1.68. The van der Waals surface area contributed by atoms with E-state index in [-0.39, 0.29) is 17.3 Å². The average Bonchev–Trinajstić information content (AvgIpc) is 3.13. The van der Waals surface area contributed by atoms with Crippen LogP contribution in [0.15, 0.2) is 38.2 Å². The number of unbranched alkanes of at least 4 members (excludes halogenated alkanes) is 3. The molecule has 2 aliphatic rings. The summed E-state index contributed by atoms with van der Waals surface area (Å²) in [5.74, 6) is -1.32. The van der Waals surface area contributed by atoms with Crippen LogP contribution in [0.5, 0.6) is 0 Å². The van der Waals surface area contributed by atoms with Crippen LogP contribution in [0.3, 0.4) is 0 Å². The van der Waals surface area contributed by atoms with Crippen molar-refractivity contribution >= 4 is 44.8 Å². The van der Waals surface area contributed by atoms with E-state index in [2.05, 4.69) is 9.71 Å². The van der Waals surface area contributed by atoms with Gasteiger partial charge in [0.1, 0.15) is 5.69 Å². The fourth-order valence-electron chi connectivity index (χ4n) is 3.44. The summed E-state index contributed by atoms with van der Waals surface area (Å²) in [5, 5.41) is 1.85. The van der Waals surface area contributed by atoms with Crippen LogP contribution in [0.25, 0.3) is 5.69 Å². The number of rotatable bonds is 11. The van der Waals surface area contributed by atoms with Crippen molar-refractivity contribution in [1.82, 2.24) is 14.9 Å². The Bertz CT molecular complexity index is 1380. The number of carbonyl (C=O) groups excluding carboxylic acids is 1. The van der Waals surface area contributed by atoms with Gasteiger partial charge in [-0.05, 0) is 51.5 Å². The molecular weight excluding hydrogens is 549 g/mol. The highest BCUT2D eigenvalue weighted by atomic mass is 32.2. The highest BCUT2D eigenvalue weighted by molar-refractivity contribution is 8.01.